The Kier molecular flexibility index (Phi) is 8.08. The zero-order chi connectivity index (χ0) is 24.1. The van der Waals surface area contributed by atoms with Crippen LogP contribution in [0.5, 0.6) is 11.5 Å². The average molecular weight is 520 g/mol. The van der Waals surface area contributed by atoms with Gasteiger partial charge in [0.05, 0.1) is 28.1 Å². The van der Waals surface area contributed by atoms with E-state index in [9.17, 15) is 9.59 Å². The van der Waals surface area contributed by atoms with Gasteiger partial charge in [-0.2, -0.15) is 0 Å². The van der Waals surface area contributed by atoms with Gasteiger partial charge in [0.25, 0.3) is 0 Å². The van der Waals surface area contributed by atoms with Gasteiger partial charge >= 0.3 is 5.97 Å². The molecule has 2 aromatic heterocycles. The number of benzene rings is 1. The lowest BCUT2D eigenvalue weighted by Crippen LogP contribution is -2.15. The molecule has 1 fully saturated rings. The van der Waals surface area contributed by atoms with Gasteiger partial charge in [0.1, 0.15) is 11.0 Å². The van der Waals surface area contributed by atoms with Crippen LogP contribution in [0.1, 0.15) is 62.3 Å². The molecule has 9 heteroatoms. The Morgan fingerprint density at radius 1 is 1.15 bits per heavy atom. The number of aldehydes is 1. The van der Waals surface area contributed by atoms with Crippen molar-refractivity contribution in [2.75, 3.05) is 7.11 Å². The van der Waals surface area contributed by atoms with Crippen molar-refractivity contribution in [1.29, 1.82) is 0 Å². The molecule has 34 heavy (non-hydrogen) atoms. The predicted octanol–water partition coefficient (Wildman–Crippen LogP) is 6.73. The summed E-state index contributed by atoms with van der Waals surface area (Å²) >= 11 is 13.8. The Morgan fingerprint density at radius 2 is 1.88 bits per heavy atom. The minimum Gasteiger partial charge on any atom is -0.493 e. The lowest BCUT2D eigenvalue weighted by Gasteiger charge is -2.22. The highest BCUT2D eigenvalue weighted by atomic mass is 35.5. The molecule has 0 bridgehead atoms. The summed E-state index contributed by atoms with van der Waals surface area (Å²) in [6.45, 7) is 0. The monoisotopic (exact) mass is 519 g/mol. The van der Waals surface area contributed by atoms with Crippen LogP contribution in [-0.4, -0.2) is 30.5 Å². The number of carbonyl (C=O) groups is 2. The minimum absolute atomic E-state index is 0.127. The second kappa shape index (κ2) is 11.2. The van der Waals surface area contributed by atoms with Crippen molar-refractivity contribution in [1.82, 2.24) is 4.98 Å². The standard InChI is InChI=1S/C25H23Cl2NO5S/c1-31-21-8-6-15(10-23(21)32-16-4-2-3-5-16)22(11-18-19(26)12-28-13-20(18)27)33-25(30)24-9-7-17(14-29)34-24/h6-10,12-14,16,22H,2-5,11H2,1H3. The van der Waals surface area contributed by atoms with Crippen LogP contribution >= 0.6 is 34.5 Å². The molecular weight excluding hydrogens is 497 g/mol. The maximum absolute atomic E-state index is 12.9. The van der Waals surface area contributed by atoms with Crippen molar-refractivity contribution in [3.8, 4) is 11.5 Å². The second-order valence-corrected chi connectivity index (χ2v) is 9.86. The molecular formula is C25H23Cl2NO5S. The van der Waals surface area contributed by atoms with Crippen molar-refractivity contribution in [2.45, 2.75) is 44.3 Å². The van der Waals surface area contributed by atoms with E-state index in [0.29, 0.717) is 48.7 Å². The third kappa shape index (κ3) is 5.71. The van der Waals surface area contributed by atoms with Gasteiger partial charge in [-0.15, -0.1) is 11.3 Å². The van der Waals surface area contributed by atoms with Crippen LogP contribution in [-0.2, 0) is 11.2 Å². The minimum atomic E-state index is -0.719. The lowest BCUT2D eigenvalue weighted by molar-refractivity contribution is 0.0302. The van der Waals surface area contributed by atoms with E-state index in [2.05, 4.69) is 4.98 Å². The van der Waals surface area contributed by atoms with Crippen molar-refractivity contribution in [2.24, 2.45) is 0 Å². The van der Waals surface area contributed by atoms with Gasteiger partial charge in [-0.3, -0.25) is 9.78 Å². The molecule has 2 heterocycles. The summed E-state index contributed by atoms with van der Waals surface area (Å²) in [5.74, 6) is 0.660. The average Bonchev–Trinajstić information content (AvgIpc) is 3.53. The number of carbonyl (C=O) groups excluding carboxylic acids is 2. The highest BCUT2D eigenvalue weighted by Gasteiger charge is 2.25. The van der Waals surface area contributed by atoms with Crippen molar-refractivity contribution in [3.05, 3.63) is 73.7 Å². The molecule has 1 atom stereocenters. The SMILES string of the molecule is COc1ccc(C(Cc2c(Cl)cncc2Cl)OC(=O)c2ccc(C=O)s2)cc1OC1CCCC1. The number of ether oxygens (including phenoxy) is 3. The highest BCUT2D eigenvalue weighted by molar-refractivity contribution is 7.15. The van der Waals surface area contributed by atoms with Gasteiger partial charge < -0.3 is 14.2 Å². The maximum atomic E-state index is 12.9. The summed E-state index contributed by atoms with van der Waals surface area (Å²) in [4.78, 5) is 28.8. The quantitative estimate of drug-likeness (QED) is 0.230. The molecule has 1 aromatic carbocycles. The zero-order valence-electron chi connectivity index (χ0n) is 18.5. The van der Waals surface area contributed by atoms with Crippen molar-refractivity contribution >= 4 is 46.8 Å². The predicted molar refractivity (Wildman–Crippen MR) is 132 cm³/mol. The van der Waals surface area contributed by atoms with Crippen molar-refractivity contribution in [3.63, 3.8) is 0 Å². The summed E-state index contributed by atoms with van der Waals surface area (Å²) < 4.78 is 17.6. The van der Waals surface area contributed by atoms with Crippen LogP contribution < -0.4 is 9.47 Å². The van der Waals surface area contributed by atoms with Gasteiger partial charge in [-0.25, -0.2) is 4.79 Å². The molecule has 0 radical (unpaired) electrons. The smallest absolute Gasteiger partial charge is 0.348 e. The van der Waals surface area contributed by atoms with Gasteiger partial charge in [0, 0.05) is 18.8 Å². The molecule has 3 aromatic rings. The fourth-order valence-corrected chi connectivity index (χ4v) is 5.16. The van der Waals surface area contributed by atoms with Crippen LogP contribution in [0.4, 0.5) is 0 Å². The van der Waals surface area contributed by atoms with Gasteiger partial charge in [0.15, 0.2) is 17.8 Å². The Balaban J connectivity index is 1.67. The number of nitrogens with zero attached hydrogens (tertiary/aromatic N) is 1. The highest BCUT2D eigenvalue weighted by Crippen LogP contribution is 2.37. The van der Waals surface area contributed by atoms with Crippen LogP contribution in [0.15, 0.2) is 42.7 Å². The second-order valence-electron chi connectivity index (χ2n) is 7.93. The van der Waals surface area contributed by atoms with E-state index in [1.54, 1.807) is 25.3 Å². The number of hydrogen-bond acceptors (Lipinski definition) is 7. The van der Waals surface area contributed by atoms with Crippen LogP contribution in [0, 0.1) is 0 Å². The van der Waals surface area contributed by atoms with E-state index < -0.39 is 12.1 Å². The summed E-state index contributed by atoms with van der Waals surface area (Å²) in [7, 11) is 1.59. The number of pyridine rings is 1. The molecule has 1 saturated carbocycles. The van der Waals surface area contributed by atoms with E-state index in [1.807, 2.05) is 12.1 Å². The summed E-state index contributed by atoms with van der Waals surface area (Å²) in [6, 6.07) is 8.62. The van der Waals surface area contributed by atoms with Crippen LogP contribution in [0.25, 0.3) is 0 Å². The number of thiophene rings is 1. The largest absolute Gasteiger partial charge is 0.493 e. The molecule has 0 saturated heterocycles. The molecule has 0 N–H and O–H groups in total. The van der Waals surface area contributed by atoms with E-state index in [1.165, 1.54) is 12.4 Å². The molecule has 4 rings (SSSR count). The summed E-state index contributed by atoms with van der Waals surface area (Å²) in [5.41, 5.74) is 1.32. The molecule has 6 nitrogen and oxygen atoms in total. The first-order valence-electron chi connectivity index (χ1n) is 10.9. The van der Waals surface area contributed by atoms with Crippen molar-refractivity contribution < 1.29 is 23.8 Å². The Labute approximate surface area is 211 Å². The van der Waals surface area contributed by atoms with Gasteiger partial charge in [0.2, 0.25) is 0 Å². The Hall–Kier alpha value is -2.61. The number of halogens is 2. The van der Waals surface area contributed by atoms with Gasteiger partial charge in [-0.1, -0.05) is 29.3 Å². The zero-order valence-corrected chi connectivity index (χ0v) is 20.8. The number of rotatable bonds is 9. The molecule has 1 unspecified atom stereocenters. The number of hydrogen-bond donors (Lipinski definition) is 0. The number of methoxy groups -OCH3 is 1. The van der Waals surface area contributed by atoms with Crippen LogP contribution in [0.3, 0.4) is 0 Å². The molecule has 0 aliphatic heterocycles. The molecule has 0 spiro atoms. The third-order valence-corrected chi connectivity index (χ3v) is 7.33. The normalized spacial score (nSPS) is 14.6. The van der Waals surface area contributed by atoms with E-state index >= 15 is 0 Å². The molecule has 1 aliphatic rings. The maximum Gasteiger partial charge on any atom is 0.348 e. The van der Waals surface area contributed by atoms with E-state index in [-0.39, 0.29) is 12.5 Å². The third-order valence-electron chi connectivity index (χ3n) is 5.69. The van der Waals surface area contributed by atoms with Crippen LogP contribution in [0.2, 0.25) is 10.0 Å². The first-order chi connectivity index (χ1) is 16.5. The fourth-order valence-electron chi connectivity index (χ4n) is 3.93. The first kappa shape index (κ1) is 24.5. The van der Waals surface area contributed by atoms with E-state index in [4.69, 9.17) is 37.4 Å². The fraction of sp³-hybridized carbons (Fsp3) is 0.320. The molecule has 1 aliphatic carbocycles. The Morgan fingerprint density at radius 3 is 2.53 bits per heavy atom. The first-order valence-corrected chi connectivity index (χ1v) is 12.4. The Bertz CT molecular complexity index is 1160. The lowest BCUT2D eigenvalue weighted by atomic mass is 10.0. The van der Waals surface area contributed by atoms with Gasteiger partial charge in [-0.05, 0) is 61.1 Å². The number of esters is 1. The topological polar surface area (TPSA) is 74.7 Å². The number of aromatic nitrogens is 1. The molecule has 0 amide bonds. The van der Waals surface area contributed by atoms with E-state index in [0.717, 1.165) is 37.0 Å². The summed E-state index contributed by atoms with van der Waals surface area (Å²) in [5, 5.41) is 0.757. The summed E-state index contributed by atoms with van der Waals surface area (Å²) in [6.07, 6.45) is 7.59. The molecule has 178 valence electrons.